The number of amides is 3. The number of nitrogens with one attached hydrogen (secondary N) is 2. The van der Waals surface area contributed by atoms with Gasteiger partial charge in [-0.05, 0) is 36.4 Å². The van der Waals surface area contributed by atoms with Crippen molar-refractivity contribution in [2.75, 3.05) is 11.1 Å². The van der Waals surface area contributed by atoms with Crippen LogP contribution in [-0.2, 0) is 4.79 Å². The Kier molecular flexibility index (Phi) is 4.12. The predicted octanol–water partition coefficient (Wildman–Crippen LogP) is 2.44. The van der Waals surface area contributed by atoms with Crippen LogP contribution in [0.3, 0.4) is 0 Å². The number of carbonyl (C=O) groups is 3. The van der Waals surface area contributed by atoms with E-state index in [1.54, 1.807) is 18.2 Å². The SMILES string of the molecule is O=C(CSc1cccc(F)c1)Nc1ccc2c(c1)C(=O)NC2=O. The summed E-state index contributed by atoms with van der Waals surface area (Å²) in [6, 6.07) is 10.5. The maximum atomic E-state index is 13.1. The average Bonchev–Trinajstić information content (AvgIpc) is 2.80. The first-order valence-corrected chi connectivity index (χ1v) is 7.69. The largest absolute Gasteiger partial charge is 0.325 e. The third kappa shape index (κ3) is 3.40. The standard InChI is InChI=1S/C16H11FN2O3S/c17-9-2-1-3-11(6-9)23-8-14(20)18-10-4-5-12-13(7-10)16(22)19-15(12)21/h1-7H,8H2,(H,18,20)(H,19,21,22). The zero-order valence-electron chi connectivity index (χ0n) is 11.8. The molecule has 0 aliphatic carbocycles. The zero-order valence-corrected chi connectivity index (χ0v) is 12.6. The number of carbonyl (C=O) groups excluding carboxylic acids is 3. The van der Waals surface area contributed by atoms with E-state index in [0.717, 1.165) is 0 Å². The Balaban J connectivity index is 1.63. The molecule has 7 heteroatoms. The molecule has 0 saturated carbocycles. The Bertz CT molecular complexity index is 823. The number of hydrogen-bond acceptors (Lipinski definition) is 4. The summed E-state index contributed by atoms with van der Waals surface area (Å²) in [5.41, 5.74) is 0.964. The Morgan fingerprint density at radius 2 is 1.87 bits per heavy atom. The van der Waals surface area contributed by atoms with E-state index in [1.807, 2.05) is 0 Å². The Morgan fingerprint density at radius 1 is 1.09 bits per heavy atom. The molecule has 0 fully saturated rings. The number of anilines is 1. The van der Waals surface area contributed by atoms with Crippen molar-refractivity contribution in [3.63, 3.8) is 0 Å². The highest BCUT2D eigenvalue weighted by molar-refractivity contribution is 8.00. The molecule has 3 amide bonds. The lowest BCUT2D eigenvalue weighted by molar-refractivity contribution is -0.113. The van der Waals surface area contributed by atoms with Crippen molar-refractivity contribution >= 4 is 35.2 Å². The van der Waals surface area contributed by atoms with Gasteiger partial charge in [0.2, 0.25) is 5.91 Å². The minimum absolute atomic E-state index is 0.103. The van der Waals surface area contributed by atoms with Crippen LogP contribution in [0.25, 0.3) is 0 Å². The van der Waals surface area contributed by atoms with E-state index in [0.29, 0.717) is 16.1 Å². The third-order valence-corrected chi connectivity index (χ3v) is 4.18. The molecule has 3 rings (SSSR count). The van der Waals surface area contributed by atoms with Crippen molar-refractivity contribution in [3.05, 3.63) is 59.4 Å². The van der Waals surface area contributed by atoms with Crippen molar-refractivity contribution < 1.29 is 18.8 Å². The number of halogens is 1. The molecule has 1 aliphatic heterocycles. The first-order chi connectivity index (χ1) is 11.0. The normalized spacial score (nSPS) is 12.7. The first kappa shape index (κ1) is 15.2. The molecule has 2 aromatic rings. The molecular weight excluding hydrogens is 319 g/mol. The van der Waals surface area contributed by atoms with Gasteiger partial charge < -0.3 is 5.32 Å². The molecule has 116 valence electrons. The summed E-state index contributed by atoms with van der Waals surface area (Å²) in [6.07, 6.45) is 0. The molecule has 1 heterocycles. The number of rotatable bonds is 4. The van der Waals surface area contributed by atoms with Gasteiger partial charge in [-0.3, -0.25) is 19.7 Å². The Morgan fingerprint density at radius 3 is 2.65 bits per heavy atom. The van der Waals surface area contributed by atoms with Crippen LogP contribution in [0.1, 0.15) is 20.7 Å². The van der Waals surface area contributed by atoms with Crippen LogP contribution in [0.2, 0.25) is 0 Å². The van der Waals surface area contributed by atoms with E-state index in [-0.39, 0.29) is 23.0 Å². The van der Waals surface area contributed by atoms with E-state index in [2.05, 4.69) is 10.6 Å². The molecule has 0 radical (unpaired) electrons. The quantitative estimate of drug-likeness (QED) is 0.667. The molecule has 0 bridgehead atoms. The molecule has 0 spiro atoms. The third-order valence-electron chi connectivity index (χ3n) is 3.19. The van der Waals surface area contributed by atoms with Crippen molar-refractivity contribution in [3.8, 4) is 0 Å². The van der Waals surface area contributed by atoms with Crippen molar-refractivity contribution in [1.29, 1.82) is 0 Å². The Labute approximate surface area is 135 Å². The van der Waals surface area contributed by atoms with Crippen LogP contribution in [-0.4, -0.2) is 23.5 Å². The fourth-order valence-corrected chi connectivity index (χ4v) is 2.89. The topological polar surface area (TPSA) is 75.3 Å². The number of thioether (sulfide) groups is 1. The predicted molar refractivity (Wildman–Crippen MR) is 84.0 cm³/mol. The highest BCUT2D eigenvalue weighted by atomic mass is 32.2. The Hall–Kier alpha value is -2.67. The van der Waals surface area contributed by atoms with Gasteiger partial charge in [0.25, 0.3) is 11.8 Å². The van der Waals surface area contributed by atoms with E-state index in [4.69, 9.17) is 0 Å². The summed E-state index contributed by atoms with van der Waals surface area (Å²) in [5.74, 6) is -1.46. The maximum Gasteiger partial charge on any atom is 0.259 e. The summed E-state index contributed by atoms with van der Waals surface area (Å²) in [7, 11) is 0. The first-order valence-electron chi connectivity index (χ1n) is 6.71. The minimum Gasteiger partial charge on any atom is -0.325 e. The zero-order chi connectivity index (χ0) is 16.4. The summed E-state index contributed by atoms with van der Waals surface area (Å²) in [4.78, 5) is 35.6. The molecule has 5 nitrogen and oxygen atoms in total. The van der Waals surface area contributed by atoms with Crippen LogP contribution in [0.5, 0.6) is 0 Å². The lowest BCUT2D eigenvalue weighted by atomic mass is 10.1. The smallest absolute Gasteiger partial charge is 0.259 e. The van der Waals surface area contributed by atoms with Gasteiger partial charge >= 0.3 is 0 Å². The monoisotopic (exact) mass is 330 g/mol. The number of fused-ring (bicyclic) bond motifs is 1. The van der Waals surface area contributed by atoms with Crippen LogP contribution >= 0.6 is 11.8 Å². The second-order valence-electron chi connectivity index (χ2n) is 4.84. The van der Waals surface area contributed by atoms with Gasteiger partial charge in [0.15, 0.2) is 0 Å². The molecule has 0 unspecified atom stereocenters. The minimum atomic E-state index is -0.477. The van der Waals surface area contributed by atoms with Crippen LogP contribution in [0.4, 0.5) is 10.1 Å². The lowest BCUT2D eigenvalue weighted by Gasteiger charge is -2.06. The van der Waals surface area contributed by atoms with E-state index < -0.39 is 11.8 Å². The van der Waals surface area contributed by atoms with E-state index in [9.17, 15) is 18.8 Å². The summed E-state index contributed by atoms with van der Waals surface area (Å²) in [6.45, 7) is 0. The van der Waals surface area contributed by atoms with Gasteiger partial charge in [-0.2, -0.15) is 0 Å². The van der Waals surface area contributed by atoms with Gasteiger partial charge in [0.05, 0.1) is 16.9 Å². The highest BCUT2D eigenvalue weighted by Gasteiger charge is 2.26. The highest BCUT2D eigenvalue weighted by Crippen LogP contribution is 2.22. The fourth-order valence-electron chi connectivity index (χ4n) is 2.15. The molecule has 0 aromatic heterocycles. The summed E-state index contributed by atoms with van der Waals surface area (Å²) >= 11 is 1.20. The second kappa shape index (κ2) is 6.21. The van der Waals surface area contributed by atoms with Gasteiger partial charge in [0.1, 0.15) is 5.82 Å². The molecule has 23 heavy (non-hydrogen) atoms. The van der Waals surface area contributed by atoms with Crippen molar-refractivity contribution in [2.45, 2.75) is 4.90 Å². The van der Waals surface area contributed by atoms with Crippen molar-refractivity contribution in [1.82, 2.24) is 5.32 Å². The molecule has 0 saturated heterocycles. The van der Waals surface area contributed by atoms with Crippen LogP contribution in [0, 0.1) is 5.82 Å². The maximum absolute atomic E-state index is 13.1. The van der Waals surface area contributed by atoms with Gasteiger partial charge in [-0.25, -0.2) is 4.39 Å². The number of imide groups is 1. The van der Waals surface area contributed by atoms with E-state index in [1.165, 1.54) is 36.0 Å². The number of hydrogen-bond donors (Lipinski definition) is 2. The summed E-state index contributed by atoms with van der Waals surface area (Å²) in [5, 5.41) is 4.83. The van der Waals surface area contributed by atoms with Gasteiger partial charge in [-0.1, -0.05) is 6.07 Å². The lowest BCUT2D eigenvalue weighted by Crippen LogP contribution is -2.19. The van der Waals surface area contributed by atoms with Crippen molar-refractivity contribution in [2.24, 2.45) is 0 Å². The summed E-state index contributed by atoms with van der Waals surface area (Å²) < 4.78 is 13.1. The van der Waals surface area contributed by atoms with Gasteiger partial charge in [0, 0.05) is 10.6 Å². The second-order valence-corrected chi connectivity index (χ2v) is 5.89. The molecule has 1 aliphatic rings. The fraction of sp³-hybridized carbons (Fsp3) is 0.0625. The average molecular weight is 330 g/mol. The van der Waals surface area contributed by atoms with Crippen LogP contribution in [0.15, 0.2) is 47.4 Å². The van der Waals surface area contributed by atoms with Gasteiger partial charge in [-0.15, -0.1) is 11.8 Å². The van der Waals surface area contributed by atoms with E-state index >= 15 is 0 Å². The molecule has 0 atom stereocenters. The number of benzene rings is 2. The van der Waals surface area contributed by atoms with Crippen LogP contribution < -0.4 is 10.6 Å². The molecule has 2 N–H and O–H groups in total. The molecular formula is C16H11FN2O3S. The molecule has 2 aromatic carbocycles.